The molecular formula is C10H17NO2. The molecule has 0 spiro atoms. The van der Waals surface area contributed by atoms with Crippen molar-refractivity contribution in [3.8, 4) is 0 Å². The molecule has 1 saturated heterocycles. The van der Waals surface area contributed by atoms with Crippen LogP contribution in [0.2, 0.25) is 0 Å². The summed E-state index contributed by atoms with van der Waals surface area (Å²) in [7, 11) is 0. The second-order valence-electron chi connectivity index (χ2n) is 3.51. The molecule has 2 unspecified atom stereocenters. The lowest BCUT2D eigenvalue weighted by Crippen LogP contribution is -2.46. The van der Waals surface area contributed by atoms with Crippen LogP contribution in [0.4, 0.5) is 0 Å². The van der Waals surface area contributed by atoms with Crippen LogP contribution >= 0.6 is 0 Å². The van der Waals surface area contributed by atoms with Crippen molar-refractivity contribution >= 4 is 5.91 Å². The van der Waals surface area contributed by atoms with Crippen molar-refractivity contribution < 1.29 is 9.90 Å². The minimum Gasteiger partial charge on any atom is -0.384 e. The number of likely N-dealkylation sites (tertiary alicyclic amines) is 1. The standard InChI is InChI=1S/C10H17NO2/c1-3-9-6-4-5-7-11(9)10(13)8(2)12/h3,8-9,12H,1,4-7H2,2H3. The van der Waals surface area contributed by atoms with Crippen LogP contribution in [0.15, 0.2) is 12.7 Å². The SMILES string of the molecule is C=CC1CCCCN1C(=O)C(C)O. The molecule has 1 fully saturated rings. The van der Waals surface area contributed by atoms with E-state index in [9.17, 15) is 4.79 Å². The van der Waals surface area contributed by atoms with E-state index in [1.54, 1.807) is 11.0 Å². The van der Waals surface area contributed by atoms with Crippen molar-refractivity contribution in [2.24, 2.45) is 0 Å². The van der Waals surface area contributed by atoms with Gasteiger partial charge in [-0.3, -0.25) is 4.79 Å². The topological polar surface area (TPSA) is 40.5 Å². The average Bonchev–Trinajstić information content (AvgIpc) is 2.16. The second-order valence-corrected chi connectivity index (χ2v) is 3.51. The Kier molecular flexibility index (Phi) is 3.48. The molecule has 74 valence electrons. The Morgan fingerprint density at radius 3 is 2.92 bits per heavy atom. The number of carbonyl (C=O) groups is 1. The number of rotatable bonds is 2. The molecule has 0 aromatic carbocycles. The molecule has 0 bridgehead atoms. The van der Waals surface area contributed by atoms with Gasteiger partial charge in [-0.25, -0.2) is 0 Å². The molecule has 3 heteroatoms. The second kappa shape index (κ2) is 4.42. The molecule has 1 aliphatic rings. The Labute approximate surface area is 79.0 Å². The first-order chi connectivity index (χ1) is 6.16. The summed E-state index contributed by atoms with van der Waals surface area (Å²) in [4.78, 5) is 13.2. The maximum absolute atomic E-state index is 11.5. The largest absolute Gasteiger partial charge is 0.384 e. The van der Waals surface area contributed by atoms with Gasteiger partial charge in [0.1, 0.15) is 6.10 Å². The number of carbonyl (C=O) groups excluding carboxylic acids is 1. The highest BCUT2D eigenvalue weighted by Gasteiger charge is 2.26. The zero-order chi connectivity index (χ0) is 9.84. The van der Waals surface area contributed by atoms with E-state index < -0.39 is 6.10 Å². The summed E-state index contributed by atoms with van der Waals surface area (Å²) in [6.45, 7) is 5.96. The van der Waals surface area contributed by atoms with Gasteiger partial charge in [0.2, 0.25) is 0 Å². The van der Waals surface area contributed by atoms with E-state index in [-0.39, 0.29) is 11.9 Å². The van der Waals surface area contributed by atoms with Crippen molar-refractivity contribution in [2.75, 3.05) is 6.54 Å². The molecule has 2 atom stereocenters. The van der Waals surface area contributed by atoms with Crippen molar-refractivity contribution in [2.45, 2.75) is 38.3 Å². The number of aliphatic hydroxyl groups is 1. The van der Waals surface area contributed by atoms with Gasteiger partial charge >= 0.3 is 0 Å². The van der Waals surface area contributed by atoms with E-state index >= 15 is 0 Å². The van der Waals surface area contributed by atoms with Gasteiger partial charge in [-0.1, -0.05) is 6.08 Å². The lowest BCUT2D eigenvalue weighted by atomic mass is 10.0. The van der Waals surface area contributed by atoms with Crippen LogP contribution in [0.3, 0.4) is 0 Å². The number of nitrogens with zero attached hydrogens (tertiary/aromatic N) is 1. The van der Waals surface area contributed by atoms with E-state index in [0.717, 1.165) is 25.8 Å². The van der Waals surface area contributed by atoms with Crippen LogP contribution in [0.25, 0.3) is 0 Å². The van der Waals surface area contributed by atoms with Crippen molar-refractivity contribution in [1.82, 2.24) is 4.90 Å². The molecule has 0 aliphatic carbocycles. The fourth-order valence-corrected chi connectivity index (χ4v) is 1.72. The van der Waals surface area contributed by atoms with E-state index in [4.69, 9.17) is 5.11 Å². The van der Waals surface area contributed by atoms with Crippen LogP contribution in [0.1, 0.15) is 26.2 Å². The Bertz CT molecular complexity index is 201. The van der Waals surface area contributed by atoms with Crippen molar-refractivity contribution in [1.29, 1.82) is 0 Å². The molecule has 0 saturated carbocycles. The number of hydrogen-bond donors (Lipinski definition) is 1. The van der Waals surface area contributed by atoms with Gasteiger partial charge in [-0.15, -0.1) is 6.58 Å². The maximum atomic E-state index is 11.5. The molecule has 3 nitrogen and oxygen atoms in total. The predicted molar refractivity (Wildman–Crippen MR) is 51.2 cm³/mol. The Balaban J connectivity index is 2.63. The Hall–Kier alpha value is -0.830. The molecule has 1 rings (SSSR count). The number of hydrogen-bond acceptors (Lipinski definition) is 2. The summed E-state index contributed by atoms with van der Waals surface area (Å²) in [6.07, 6.45) is 4.05. The van der Waals surface area contributed by atoms with Gasteiger partial charge in [0.05, 0.1) is 0 Å². The van der Waals surface area contributed by atoms with Gasteiger partial charge in [-0.05, 0) is 26.2 Å². The van der Waals surface area contributed by atoms with Gasteiger partial charge in [-0.2, -0.15) is 0 Å². The molecule has 1 heterocycles. The minimum absolute atomic E-state index is 0.121. The van der Waals surface area contributed by atoms with Crippen LogP contribution in [0.5, 0.6) is 0 Å². The fourth-order valence-electron chi connectivity index (χ4n) is 1.72. The first-order valence-electron chi connectivity index (χ1n) is 4.78. The maximum Gasteiger partial charge on any atom is 0.251 e. The monoisotopic (exact) mass is 183 g/mol. The molecule has 1 N–H and O–H groups in total. The van der Waals surface area contributed by atoms with E-state index in [0.29, 0.717) is 0 Å². The number of aliphatic hydroxyl groups excluding tert-OH is 1. The summed E-state index contributed by atoms with van der Waals surface area (Å²) in [5.74, 6) is -0.176. The molecule has 13 heavy (non-hydrogen) atoms. The quantitative estimate of drug-likeness (QED) is 0.647. The fraction of sp³-hybridized carbons (Fsp3) is 0.700. The third kappa shape index (κ3) is 2.31. The first kappa shape index (κ1) is 10.3. The average molecular weight is 183 g/mol. The number of piperidine rings is 1. The highest BCUT2D eigenvalue weighted by Crippen LogP contribution is 2.18. The smallest absolute Gasteiger partial charge is 0.251 e. The summed E-state index contributed by atoms with van der Waals surface area (Å²) >= 11 is 0. The highest BCUT2D eigenvalue weighted by molar-refractivity contribution is 5.80. The molecule has 0 aromatic heterocycles. The van der Waals surface area contributed by atoms with Gasteiger partial charge in [0, 0.05) is 12.6 Å². The zero-order valence-corrected chi connectivity index (χ0v) is 8.07. The zero-order valence-electron chi connectivity index (χ0n) is 8.07. The molecule has 0 aromatic rings. The third-order valence-corrected chi connectivity index (χ3v) is 2.46. The van der Waals surface area contributed by atoms with Gasteiger partial charge < -0.3 is 10.0 Å². The normalized spacial score (nSPS) is 25.4. The van der Waals surface area contributed by atoms with Crippen LogP contribution in [0, 0.1) is 0 Å². The van der Waals surface area contributed by atoms with E-state index in [1.165, 1.54) is 6.92 Å². The van der Waals surface area contributed by atoms with Crippen molar-refractivity contribution in [3.05, 3.63) is 12.7 Å². The molecule has 1 amide bonds. The van der Waals surface area contributed by atoms with E-state index in [1.807, 2.05) is 0 Å². The van der Waals surface area contributed by atoms with Gasteiger partial charge in [0.25, 0.3) is 5.91 Å². The Morgan fingerprint density at radius 1 is 1.69 bits per heavy atom. The highest BCUT2D eigenvalue weighted by atomic mass is 16.3. The van der Waals surface area contributed by atoms with Gasteiger partial charge in [0.15, 0.2) is 0 Å². The molecule has 0 radical (unpaired) electrons. The first-order valence-corrected chi connectivity index (χ1v) is 4.78. The van der Waals surface area contributed by atoms with Crippen LogP contribution < -0.4 is 0 Å². The Morgan fingerprint density at radius 2 is 2.38 bits per heavy atom. The van der Waals surface area contributed by atoms with Crippen LogP contribution in [-0.2, 0) is 4.79 Å². The number of amides is 1. The van der Waals surface area contributed by atoms with Crippen molar-refractivity contribution in [3.63, 3.8) is 0 Å². The summed E-state index contributed by atoms with van der Waals surface area (Å²) < 4.78 is 0. The lowest BCUT2D eigenvalue weighted by Gasteiger charge is -2.34. The molecule has 1 aliphatic heterocycles. The predicted octanol–water partition coefficient (Wildman–Crippen LogP) is 0.934. The summed E-state index contributed by atoms with van der Waals surface area (Å²) in [6, 6.07) is 0.121. The molecular weight excluding hydrogens is 166 g/mol. The van der Waals surface area contributed by atoms with Crippen LogP contribution in [-0.4, -0.2) is 34.6 Å². The summed E-state index contributed by atoms with van der Waals surface area (Å²) in [5, 5.41) is 9.16. The van der Waals surface area contributed by atoms with E-state index in [2.05, 4.69) is 6.58 Å². The minimum atomic E-state index is -0.888. The summed E-state index contributed by atoms with van der Waals surface area (Å²) in [5.41, 5.74) is 0. The lowest BCUT2D eigenvalue weighted by molar-refractivity contribution is -0.141. The third-order valence-electron chi connectivity index (χ3n) is 2.46.